The van der Waals surface area contributed by atoms with E-state index in [4.69, 9.17) is 9.84 Å². The van der Waals surface area contributed by atoms with Crippen molar-refractivity contribution < 1.29 is 19.4 Å². The minimum absolute atomic E-state index is 0.0701. The topological polar surface area (TPSA) is 93.5 Å². The Hall–Kier alpha value is -1.89. The highest BCUT2D eigenvalue weighted by molar-refractivity contribution is 5.97. The summed E-state index contributed by atoms with van der Waals surface area (Å²) in [5.41, 5.74) is 1.40. The van der Waals surface area contributed by atoms with Gasteiger partial charge < -0.3 is 15.2 Å². The first-order valence-corrected chi connectivity index (χ1v) is 7.59. The molecule has 122 valence electrons. The summed E-state index contributed by atoms with van der Waals surface area (Å²) in [6.45, 7) is 4.06. The van der Waals surface area contributed by atoms with Crippen LogP contribution >= 0.6 is 0 Å². The van der Waals surface area contributed by atoms with Crippen molar-refractivity contribution in [1.82, 2.24) is 15.1 Å². The van der Waals surface area contributed by atoms with Gasteiger partial charge in [0.2, 0.25) is 0 Å². The van der Waals surface area contributed by atoms with Crippen LogP contribution in [-0.2, 0) is 9.53 Å². The minimum atomic E-state index is -1.11. The second kappa shape index (κ2) is 6.91. The highest BCUT2D eigenvalue weighted by Gasteiger charge is 2.34. The lowest BCUT2D eigenvalue weighted by atomic mass is 10.1. The van der Waals surface area contributed by atoms with Gasteiger partial charge in [-0.3, -0.25) is 9.48 Å². The summed E-state index contributed by atoms with van der Waals surface area (Å²) in [7, 11) is 1.40. The molecule has 2 atom stereocenters. The SMILES string of the molecule is CCC(C)n1ncc(C(=O)NC(COC)C(=O)O)c1C1CC1. The highest BCUT2D eigenvalue weighted by atomic mass is 16.5. The van der Waals surface area contributed by atoms with Crippen molar-refractivity contribution in [3.8, 4) is 0 Å². The zero-order valence-corrected chi connectivity index (χ0v) is 13.2. The Morgan fingerprint density at radius 2 is 2.23 bits per heavy atom. The molecule has 0 bridgehead atoms. The summed E-state index contributed by atoms with van der Waals surface area (Å²) < 4.78 is 6.74. The normalized spacial score (nSPS) is 17.0. The third kappa shape index (κ3) is 3.47. The van der Waals surface area contributed by atoms with Gasteiger partial charge >= 0.3 is 5.97 Å². The number of carbonyl (C=O) groups excluding carboxylic acids is 1. The maximum atomic E-state index is 12.4. The Bertz CT molecular complexity index is 551. The molecule has 1 aliphatic rings. The number of hydrogen-bond donors (Lipinski definition) is 2. The lowest BCUT2D eigenvalue weighted by Gasteiger charge is -2.16. The third-order valence-electron chi connectivity index (χ3n) is 3.99. The molecule has 1 aromatic heterocycles. The number of hydrogen-bond acceptors (Lipinski definition) is 4. The first-order valence-electron chi connectivity index (χ1n) is 7.59. The van der Waals surface area contributed by atoms with Gasteiger partial charge in [-0.15, -0.1) is 0 Å². The molecule has 1 aromatic rings. The number of methoxy groups -OCH3 is 1. The number of carboxylic acids is 1. The quantitative estimate of drug-likeness (QED) is 0.760. The van der Waals surface area contributed by atoms with E-state index in [-0.39, 0.29) is 12.6 Å². The van der Waals surface area contributed by atoms with Gasteiger partial charge in [-0.2, -0.15) is 5.10 Å². The molecule has 2 unspecified atom stereocenters. The monoisotopic (exact) mass is 309 g/mol. The number of ether oxygens (including phenoxy) is 1. The number of amides is 1. The summed E-state index contributed by atoms with van der Waals surface area (Å²) >= 11 is 0. The molecule has 2 N–H and O–H groups in total. The summed E-state index contributed by atoms with van der Waals surface area (Å²) in [6.07, 6.45) is 4.55. The molecule has 7 heteroatoms. The molecule has 1 fully saturated rings. The van der Waals surface area contributed by atoms with Crippen molar-refractivity contribution in [2.24, 2.45) is 0 Å². The zero-order chi connectivity index (χ0) is 16.3. The Balaban J connectivity index is 2.22. The van der Waals surface area contributed by atoms with Crippen molar-refractivity contribution in [3.05, 3.63) is 17.5 Å². The van der Waals surface area contributed by atoms with Gasteiger partial charge in [0.1, 0.15) is 0 Å². The number of nitrogens with one attached hydrogen (secondary N) is 1. The number of aliphatic carboxylic acids is 1. The van der Waals surface area contributed by atoms with E-state index in [1.807, 2.05) is 4.68 Å². The molecular weight excluding hydrogens is 286 g/mol. The molecule has 0 aliphatic heterocycles. The van der Waals surface area contributed by atoms with Crippen LogP contribution in [0.25, 0.3) is 0 Å². The van der Waals surface area contributed by atoms with Crippen LogP contribution in [-0.4, -0.2) is 46.5 Å². The van der Waals surface area contributed by atoms with Crippen LogP contribution in [0.15, 0.2) is 6.20 Å². The van der Waals surface area contributed by atoms with E-state index in [1.165, 1.54) is 7.11 Å². The minimum Gasteiger partial charge on any atom is -0.480 e. The van der Waals surface area contributed by atoms with Crippen LogP contribution in [0.5, 0.6) is 0 Å². The van der Waals surface area contributed by atoms with Gasteiger partial charge in [0, 0.05) is 19.1 Å². The molecule has 0 spiro atoms. The Morgan fingerprint density at radius 1 is 1.55 bits per heavy atom. The summed E-state index contributed by atoms with van der Waals surface area (Å²) in [5, 5.41) is 16.0. The van der Waals surface area contributed by atoms with Crippen molar-refractivity contribution in [3.63, 3.8) is 0 Å². The number of carboxylic acid groups (broad SMARTS) is 1. The zero-order valence-electron chi connectivity index (χ0n) is 13.2. The lowest BCUT2D eigenvalue weighted by Crippen LogP contribution is -2.44. The fourth-order valence-electron chi connectivity index (χ4n) is 2.41. The molecular formula is C15H23N3O4. The summed E-state index contributed by atoms with van der Waals surface area (Å²) in [4.78, 5) is 23.6. The number of rotatable bonds is 8. The van der Waals surface area contributed by atoms with Gasteiger partial charge in [0.05, 0.1) is 24.1 Å². The third-order valence-corrected chi connectivity index (χ3v) is 3.99. The smallest absolute Gasteiger partial charge is 0.328 e. The van der Waals surface area contributed by atoms with Crippen molar-refractivity contribution in [2.75, 3.05) is 13.7 Å². The van der Waals surface area contributed by atoms with Crippen LogP contribution in [0, 0.1) is 0 Å². The average Bonchev–Trinajstić information content (AvgIpc) is 3.23. The van der Waals surface area contributed by atoms with E-state index < -0.39 is 17.9 Å². The van der Waals surface area contributed by atoms with Gasteiger partial charge in [-0.1, -0.05) is 6.92 Å². The van der Waals surface area contributed by atoms with E-state index in [0.29, 0.717) is 11.5 Å². The second-order valence-electron chi connectivity index (χ2n) is 5.74. The van der Waals surface area contributed by atoms with Crippen LogP contribution in [0.1, 0.15) is 61.1 Å². The van der Waals surface area contributed by atoms with Gasteiger partial charge in [0.25, 0.3) is 5.91 Å². The molecule has 1 amide bonds. The number of aromatic nitrogens is 2. The molecule has 2 rings (SSSR count). The predicted octanol–water partition coefficient (Wildman–Crippen LogP) is 1.56. The fourth-order valence-corrected chi connectivity index (χ4v) is 2.41. The predicted molar refractivity (Wildman–Crippen MR) is 80.0 cm³/mol. The van der Waals surface area contributed by atoms with Gasteiger partial charge in [-0.25, -0.2) is 4.79 Å². The first kappa shape index (κ1) is 16.5. The Labute approximate surface area is 129 Å². The summed E-state index contributed by atoms with van der Waals surface area (Å²) in [5.74, 6) is -1.17. The van der Waals surface area contributed by atoms with Crippen LogP contribution < -0.4 is 5.32 Å². The number of nitrogens with zero attached hydrogens (tertiary/aromatic N) is 2. The molecule has 1 aliphatic carbocycles. The Morgan fingerprint density at radius 3 is 2.73 bits per heavy atom. The van der Waals surface area contributed by atoms with E-state index in [9.17, 15) is 9.59 Å². The van der Waals surface area contributed by atoms with Gasteiger partial charge in [0.15, 0.2) is 6.04 Å². The molecule has 1 saturated carbocycles. The van der Waals surface area contributed by atoms with Crippen molar-refractivity contribution in [1.29, 1.82) is 0 Å². The van der Waals surface area contributed by atoms with E-state index in [0.717, 1.165) is 25.0 Å². The molecule has 0 saturated heterocycles. The summed E-state index contributed by atoms with van der Waals surface area (Å²) in [6, 6.07) is -0.845. The van der Waals surface area contributed by atoms with Crippen LogP contribution in [0.4, 0.5) is 0 Å². The molecule has 22 heavy (non-hydrogen) atoms. The molecule has 7 nitrogen and oxygen atoms in total. The molecule has 0 radical (unpaired) electrons. The van der Waals surface area contributed by atoms with Crippen molar-refractivity contribution in [2.45, 2.75) is 51.1 Å². The molecule has 0 aromatic carbocycles. The van der Waals surface area contributed by atoms with Crippen molar-refractivity contribution >= 4 is 11.9 Å². The maximum absolute atomic E-state index is 12.4. The van der Waals surface area contributed by atoms with Gasteiger partial charge in [-0.05, 0) is 26.2 Å². The van der Waals surface area contributed by atoms with E-state index in [1.54, 1.807) is 6.20 Å². The lowest BCUT2D eigenvalue weighted by molar-refractivity contribution is -0.140. The van der Waals surface area contributed by atoms with E-state index >= 15 is 0 Å². The maximum Gasteiger partial charge on any atom is 0.328 e. The first-order chi connectivity index (χ1) is 10.5. The van der Waals surface area contributed by atoms with Crippen LogP contribution in [0.2, 0.25) is 0 Å². The average molecular weight is 309 g/mol. The number of carbonyl (C=O) groups is 2. The molecule has 1 heterocycles. The standard InChI is InChI=1S/C15H23N3O4/c1-4-9(2)18-13(10-5-6-10)11(7-16-18)14(19)17-12(8-22-3)15(20)21/h7,9-10,12H,4-6,8H2,1-3H3,(H,17,19)(H,20,21). The fraction of sp³-hybridized carbons (Fsp3) is 0.667. The Kier molecular flexibility index (Phi) is 5.18. The highest BCUT2D eigenvalue weighted by Crippen LogP contribution is 2.42. The second-order valence-corrected chi connectivity index (χ2v) is 5.74. The van der Waals surface area contributed by atoms with E-state index in [2.05, 4.69) is 24.3 Å². The van der Waals surface area contributed by atoms with Crippen LogP contribution in [0.3, 0.4) is 0 Å². The largest absolute Gasteiger partial charge is 0.480 e.